The normalized spacial score (nSPS) is 22.0. The molecule has 116 valence electrons. The van der Waals surface area contributed by atoms with Gasteiger partial charge in [0.05, 0.1) is 0 Å². The SMILES string of the molecule is CC1(C)CN(CCC(=O)Nc2ccc(Cl)cc2)CCC1N. The number of benzene rings is 1. The minimum Gasteiger partial charge on any atom is -0.327 e. The Balaban J connectivity index is 1.78. The molecule has 1 unspecified atom stereocenters. The van der Waals surface area contributed by atoms with Gasteiger partial charge >= 0.3 is 0 Å². The Morgan fingerprint density at radius 2 is 2.10 bits per heavy atom. The Morgan fingerprint density at radius 1 is 1.43 bits per heavy atom. The van der Waals surface area contributed by atoms with Crippen LogP contribution in [0.5, 0.6) is 0 Å². The van der Waals surface area contributed by atoms with E-state index in [0.717, 1.165) is 31.7 Å². The molecule has 0 bridgehead atoms. The van der Waals surface area contributed by atoms with E-state index in [9.17, 15) is 4.79 Å². The van der Waals surface area contributed by atoms with Crippen LogP contribution in [0.4, 0.5) is 5.69 Å². The molecule has 3 N–H and O–H groups in total. The molecule has 0 aliphatic carbocycles. The third-order valence-corrected chi connectivity index (χ3v) is 4.43. The Bertz CT molecular complexity index is 487. The van der Waals surface area contributed by atoms with Crippen molar-refractivity contribution in [3.05, 3.63) is 29.3 Å². The summed E-state index contributed by atoms with van der Waals surface area (Å²) in [7, 11) is 0. The van der Waals surface area contributed by atoms with Crippen molar-refractivity contribution in [3.63, 3.8) is 0 Å². The molecule has 1 amide bonds. The van der Waals surface area contributed by atoms with Gasteiger partial charge in [0.15, 0.2) is 0 Å². The highest BCUT2D eigenvalue weighted by atomic mass is 35.5. The summed E-state index contributed by atoms with van der Waals surface area (Å²) in [5.74, 6) is 0.0324. The number of piperidine rings is 1. The fraction of sp³-hybridized carbons (Fsp3) is 0.562. The zero-order valence-corrected chi connectivity index (χ0v) is 13.5. The van der Waals surface area contributed by atoms with Crippen LogP contribution in [-0.2, 0) is 4.79 Å². The van der Waals surface area contributed by atoms with Crippen molar-refractivity contribution in [1.82, 2.24) is 4.90 Å². The third kappa shape index (κ3) is 4.70. The average Bonchev–Trinajstić information content (AvgIpc) is 2.42. The van der Waals surface area contributed by atoms with E-state index in [0.29, 0.717) is 11.4 Å². The second-order valence-corrected chi connectivity index (χ2v) is 6.90. The first-order chi connectivity index (χ1) is 9.87. The molecule has 1 aliphatic rings. The van der Waals surface area contributed by atoms with E-state index in [-0.39, 0.29) is 17.4 Å². The largest absolute Gasteiger partial charge is 0.327 e. The molecule has 5 heteroatoms. The van der Waals surface area contributed by atoms with Crippen molar-refractivity contribution in [1.29, 1.82) is 0 Å². The lowest BCUT2D eigenvalue weighted by Gasteiger charge is -2.42. The van der Waals surface area contributed by atoms with Gasteiger partial charge in [0, 0.05) is 36.3 Å². The predicted octanol–water partition coefficient (Wildman–Crippen LogP) is 2.73. The van der Waals surface area contributed by atoms with E-state index < -0.39 is 0 Å². The van der Waals surface area contributed by atoms with Crippen LogP contribution in [0.15, 0.2) is 24.3 Å². The Hall–Kier alpha value is -1.10. The summed E-state index contributed by atoms with van der Waals surface area (Å²) >= 11 is 5.82. The number of halogens is 1. The molecule has 1 aliphatic heterocycles. The lowest BCUT2D eigenvalue weighted by molar-refractivity contribution is -0.116. The van der Waals surface area contributed by atoms with E-state index in [1.807, 2.05) is 12.1 Å². The molecule has 0 saturated carbocycles. The number of nitrogens with zero attached hydrogens (tertiary/aromatic N) is 1. The van der Waals surface area contributed by atoms with Crippen LogP contribution >= 0.6 is 11.6 Å². The predicted molar refractivity (Wildman–Crippen MR) is 87.5 cm³/mol. The summed E-state index contributed by atoms with van der Waals surface area (Å²) in [6.07, 6.45) is 1.49. The maximum Gasteiger partial charge on any atom is 0.225 e. The van der Waals surface area contributed by atoms with Gasteiger partial charge in [-0.25, -0.2) is 0 Å². The van der Waals surface area contributed by atoms with Gasteiger partial charge in [0.2, 0.25) is 5.91 Å². The standard InChI is InChI=1S/C16H24ClN3O/c1-16(2)11-20(9-7-14(16)18)10-8-15(21)19-13-5-3-12(17)4-6-13/h3-6,14H,7-11,18H2,1-2H3,(H,19,21). The maximum absolute atomic E-state index is 12.0. The van der Waals surface area contributed by atoms with Crippen LogP contribution in [0, 0.1) is 5.41 Å². The van der Waals surface area contributed by atoms with Crippen molar-refractivity contribution in [2.24, 2.45) is 11.1 Å². The monoisotopic (exact) mass is 309 g/mol. The van der Waals surface area contributed by atoms with E-state index in [2.05, 4.69) is 24.1 Å². The van der Waals surface area contributed by atoms with Gasteiger partial charge in [-0.3, -0.25) is 4.79 Å². The number of amides is 1. The molecule has 1 atom stereocenters. The molecule has 1 aromatic rings. The zero-order valence-electron chi connectivity index (χ0n) is 12.7. The number of rotatable bonds is 4. The number of carbonyl (C=O) groups is 1. The Labute approximate surface area is 131 Å². The molecular weight excluding hydrogens is 286 g/mol. The number of anilines is 1. The Morgan fingerprint density at radius 3 is 2.71 bits per heavy atom. The molecule has 0 aromatic heterocycles. The molecular formula is C16H24ClN3O. The highest BCUT2D eigenvalue weighted by molar-refractivity contribution is 6.30. The first-order valence-electron chi connectivity index (χ1n) is 7.40. The number of nitrogens with one attached hydrogen (secondary N) is 1. The molecule has 1 aromatic carbocycles. The molecule has 21 heavy (non-hydrogen) atoms. The fourth-order valence-corrected chi connectivity index (χ4v) is 2.82. The van der Waals surface area contributed by atoms with Crippen LogP contribution in [-0.4, -0.2) is 36.5 Å². The van der Waals surface area contributed by atoms with Gasteiger partial charge in [0.1, 0.15) is 0 Å². The second-order valence-electron chi connectivity index (χ2n) is 6.46. The van der Waals surface area contributed by atoms with E-state index in [4.69, 9.17) is 17.3 Å². The molecule has 2 rings (SSSR count). The van der Waals surface area contributed by atoms with Crippen molar-refractivity contribution in [2.75, 3.05) is 25.0 Å². The van der Waals surface area contributed by atoms with Crippen molar-refractivity contribution < 1.29 is 4.79 Å². The zero-order chi connectivity index (χ0) is 15.5. The van der Waals surface area contributed by atoms with Gasteiger partial charge in [-0.15, -0.1) is 0 Å². The molecule has 0 radical (unpaired) electrons. The molecule has 1 saturated heterocycles. The van der Waals surface area contributed by atoms with Crippen LogP contribution < -0.4 is 11.1 Å². The number of nitrogens with two attached hydrogens (primary N) is 1. The number of hydrogen-bond acceptors (Lipinski definition) is 3. The summed E-state index contributed by atoms with van der Waals surface area (Å²) in [5, 5.41) is 3.56. The van der Waals surface area contributed by atoms with E-state index >= 15 is 0 Å². The van der Waals surface area contributed by atoms with Crippen molar-refractivity contribution >= 4 is 23.2 Å². The molecule has 1 heterocycles. The minimum absolute atomic E-state index is 0.0324. The molecule has 0 spiro atoms. The summed E-state index contributed by atoms with van der Waals surface area (Å²) in [6.45, 7) is 7.08. The lowest BCUT2D eigenvalue weighted by Crippen LogP contribution is -2.52. The number of carbonyl (C=O) groups excluding carboxylic acids is 1. The first kappa shape index (κ1) is 16.3. The minimum atomic E-state index is 0.0324. The van der Waals surface area contributed by atoms with E-state index in [1.165, 1.54) is 0 Å². The van der Waals surface area contributed by atoms with Crippen LogP contribution in [0.2, 0.25) is 5.02 Å². The van der Waals surface area contributed by atoms with Gasteiger partial charge in [-0.05, 0) is 42.6 Å². The third-order valence-electron chi connectivity index (χ3n) is 4.17. The van der Waals surface area contributed by atoms with Crippen molar-refractivity contribution in [2.45, 2.75) is 32.7 Å². The Kier molecular flexibility index (Phi) is 5.25. The molecule has 1 fully saturated rings. The highest BCUT2D eigenvalue weighted by Gasteiger charge is 2.33. The van der Waals surface area contributed by atoms with Gasteiger partial charge < -0.3 is 16.0 Å². The smallest absolute Gasteiger partial charge is 0.225 e. The van der Waals surface area contributed by atoms with Crippen LogP contribution in [0.3, 0.4) is 0 Å². The topological polar surface area (TPSA) is 58.4 Å². The first-order valence-corrected chi connectivity index (χ1v) is 7.78. The van der Waals surface area contributed by atoms with Crippen LogP contribution in [0.1, 0.15) is 26.7 Å². The van der Waals surface area contributed by atoms with Gasteiger partial charge in [-0.1, -0.05) is 25.4 Å². The van der Waals surface area contributed by atoms with Gasteiger partial charge in [-0.2, -0.15) is 0 Å². The highest BCUT2D eigenvalue weighted by Crippen LogP contribution is 2.27. The van der Waals surface area contributed by atoms with Crippen LogP contribution in [0.25, 0.3) is 0 Å². The van der Waals surface area contributed by atoms with E-state index in [1.54, 1.807) is 12.1 Å². The lowest BCUT2D eigenvalue weighted by atomic mass is 9.80. The summed E-state index contributed by atoms with van der Waals surface area (Å²) < 4.78 is 0. The average molecular weight is 310 g/mol. The second kappa shape index (κ2) is 6.77. The number of likely N-dealkylation sites (tertiary alicyclic amines) is 1. The fourth-order valence-electron chi connectivity index (χ4n) is 2.69. The van der Waals surface area contributed by atoms with Gasteiger partial charge in [0.25, 0.3) is 0 Å². The summed E-state index contributed by atoms with van der Waals surface area (Å²) in [6, 6.07) is 7.40. The quantitative estimate of drug-likeness (QED) is 0.899. The summed E-state index contributed by atoms with van der Waals surface area (Å²) in [5.41, 5.74) is 7.03. The molecule has 4 nitrogen and oxygen atoms in total. The van der Waals surface area contributed by atoms with Crippen molar-refractivity contribution in [3.8, 4) is 0 Å². The maximum atomic E-state index is 12.0. The number of hydrogen-bond donors (Lipinski definition) is 2. The summed E-state index contributed by atoms with van der Waals surface area (Å²) in [4.78, 5) is 14.3.